The Labute approximate surface area is 109 Å². The molecule has 1 N–H and O–H groups in total. The van der Waals surface area contributed by atoms with Crippen molar-refractivity contribution < 1.29 is 4.79 Å². The van der Waals surface area contributed by atoms with Gasteiger partial charge in [0.15, 0.2) is 0 Å². The number of aryl methyl sites for hydroxylation is 1. The Morgan fingerprint density at radius 2 is 2.12 bits per heavy atom. The van der Waals surface area contributed by atoms with E-state index in [0.717, 1.165) is 10.5 Å². The summed E-state index contributed by atoms with van der Waals surface area (Å²) < 4.78 is 3.99. The Bertz CT molecular complexity index is 522. The number of rotatable bonds is 3. The quantitative estimate of drug-likeness (QED) is 0.837. The van der Waals surface area contributed by atoms with Gasteiger partial charge < -0.3 is 5.32 Å². The maximum atomic E-state index is 11.7. The average Bonchev–Trinajstić information content (AvgIpc) is 2.67. The van der Waals surface area contributed by atoms with Gasteiger partial charge in [0.2, 0.25) is 11.0 Å². The first-order chi connectivity index (χ1) is 8.13. The smallest absolute Gasteiger partial charge is 0.230 e. The van der Waals surface area contributed by atoms with Gasteiger partial charge in [-0.25, -0.2) is 4.98 Å². The number of carbonyl (C=O) groups excluding carboxylic acids is 1. The molecule has 17 heavy (non-hydrogen) atoms. The van der Waals surface area contributed by atoms with E-state index in [1.165, 1.54) is 11.5 Å². The molecule has 4 nitrogen and oxygen atoms in total. The summed E-state index contributed by atoms with van der Waals surface area (Å²) in [5.41, 5.74) is 0.946. The molecule has 0 radical (unpaired) electrons. The molecule has 6 heteroatoms. The van der Waals surface area contributed by atoms with E-state index in [9.17, 15) is 4.79 Å². The fourth-order valence-electron chi connectivity index (χ4n) is 1.31. The minimum absolute atomic E-state index is 0.0898. The molecule has 0 aliphatic heterocycles. The summed E-state index contributed by atoms with van der Waals surface area (Å²) in [4.78, 5) is 16.6. The molecule has 0 spiro atoms. The highest BCUT2D eigenvalue weighted by molar-refractivity contribution is 7.80. The Morgan fingerprint density at radius 1 is 1.41 bits per heavy atom. The fraction of sp³-hybridized carbons (Fsp3) is 0.182. The molecule has 1 heterocycles. The summed E-state index contributed by atoms with van der Waals surface area (Å²) >= 11 is 5.37. The van der Waals surface area contributed by atoms with Gasteiger partial charge in [-0.2, -0.15) is 4.37 Å². The van der Waals surface area contributed by atoms with Crippen LogP contribution in [0.4, 0.5) is 5.13 Å². The van der Waals surface area contributed by atoms with Gasteiger partial charge in [0.1, 0.15) is 5.82 Å². The number of benzene rings is 1. The summed E-state index contributed by atoms with van der Waals surface area (Å²) in [7, 11) is 0. The standard InChI is InChI=1S/C11H11N3OS2/c1-7-12-11(17-14-7)13-10(15)6-8-2-4-9(16)5-3-8/h2-5,16H,6H2,1H3,(H,12,13,14,15). The molecule has 1 aromatic carbocycles. The second-order valence-corrected chi connectivity index (χ2v) is 4.81. The number of aromatic nitrogens is 2. The summed E-state index contributed by atoms with van der Waals surface area (Å²) in [6, 6.07) is 7.49. The first-order valence-electron chi connectivity index (χ1n) is 5.01. The minimum Gasteiger partial charge on any atom is -0.300 e. The van der Waals surface area contributed by atoms with E-state index in [2.05, 4.69) is 27.3 Å². The van der Waals surface area contributed by atoms with E-state index >= 15 is 0 Å². The lowest BCUT2D eigenvalue weighted by Crippen LogP contribution is -2.14. The monoisotopic (exact) mass is 265 g/mol. The number of amides is 1. The number of nitrogens with one attached hydrogen (secondary N) is 1. The van der Waals surface area contributed by atoms with Crippen molar-refractivity contribution in [2.24, 2.45) is 0 Å². The topological polar surface area (TPSA) is 54.9 Å². The van der Waals surface area contributed by atoms with E-state index in [1.807, 2.05) is 24.3 Å². The van der Waals surface area contributed by atoms with Crippen molar-refractivity contribution >= 4 is 35.2 Å². The van der Waals surface area contributed by atoms with Crippen molar-refractivity contribution in [3.63, 3.8) is 0 Å². The molecule has 0 aliphatic carbocycles. The number of thiol groups is 1. The zero-order chi connectivity index (χ0) is 12.3. The lowest BCUT2D eigenvalue weighted by Gasteiger charge is -2.01. The minimum atomic E-state index is -0.0898. The molecule has 1 amide bonds. The van der Waals surface area contributed by atoms with Gasteiger partial charge in [0, 0.05) is 16.4 Å². The van der Waals surface area contributed by atoms with Crippen LogP contribution in [-0.2, 0) is 11.2 Å². The largest absolute Gasteiger partial charge is 0.300 e. The van der Waals surface area contributed by atoms with Gasteiger partial charge in [-0.15, -0.1) is 12.6 Å². The first kappa shape index (κ1) is 12.1. The number of anilines is 1. The van der Waals surface area contributed by atoms with Crippen molar-refractivity contribution in [3.8, 4) is 0 Å². The number of carbonyl (C=O) groups is 1. The highest BCUT2D eigenvalue weighted by Crippen LogP contribution is 2.12. The average molecular weight is 265 g/mol. The Morgan fingerprint density at radius 3 is 2.71 bits per heavy atom. The molecular weight excluding hydrogens is 254 g/mol. The van der Waals surface area contributed by atoms with Crippen molar-refractivity contribution in [1.82, 2.24) is 9.36 Å². The summed E-state index contributed by atoms with van der Waals surface area (Å²) in [5.74, 6) is 0.581. The highest BCUT2D eigenvalue weighted by atomic mass is 32.1. The maximum absolute atomic E-state index is 11.7. The van der Waals surface area contributed by atoms with Gasteiger partial charge in [0.25, 0.3) is 0 Å². The third-order valence-corrected chi connectivity index (χ3v) is 3.09. The van der Waals surface area contributed by atoms with Crippen LogP contribution >= 0.6 is 24.2 Å². The second kappa shape index (κ2) is 5.29. The molecule has 0 atom stereocenters. The van der Waals surface area contributed by atoms with Crippen molar-refractivity contribution in [2.45, 2.75) is 18.2 Å². The Kier molecular flexibility index (Phi) is 3.75. The van der Waals surface area contributed by atoms with Gasteiger partial charge in [-0.3, -0.25) is 4.79 Å². The number of nitrogens with zero attached hydrogens (tertiary/aromatic N) is 2. The van der Waals surface area contributed by atoms with Gasteiger partial charge >= 0.3 is 0 Å². The first-order valence-corrected chi connectivity index (χ1v) is 6.23. The Hall–Kier alpha value is -1.40. The molecule has 88 valence electrons. The Balaban J connectivity index is 1.95. The molecule has 2 rings (SSSR count). The van der Waals surface area contributed by atoms with Crippen LogP contribution < -0.4 is 5.32 Å². The molecule has 0 saturated heterocycles. The van der Waals surface area contributed by atoms with E-state index in [-0.39, 0.29) is 5.91 Å². The van der Waals surface area contributed by atoms with Crippen molar-refractivity contribution in [2.75, 3.05) is 5.32 Å². The zero-order valence-electron chi connectivity index (χ0n) is 9.17. The third-order valence-electron chi connectivity index (χ3n) is 2.07. The maximum Gasteiger partial charge on any atom is 0.230 e. The molecular formula is C11H11N3OS2. The van der Waals surface area contributed by atoms with E-state index in [1.54, 1.807) is 6.92 Å². The molecule has 0 bridgehead atoms. The van der Waals surface area contributed by atoms with Crippen LogP contribution in [0.15, 0.2) is 29.2 Å². The summed E-state index contributed by atoms with van der Waals surface area (Å²) in [5, 5.41) is 3.25. The van der Waals surface area contributed by atoms with E-state index in [0.29, 0.717) is 17.4 Å². The van der Waals surface area contributed by atoms with Crippen LogP contribution in [-0.4, -0.2) is 15.3 Å². The number of hydrogen-bond donors (Lipinski definition) is 2. The molecule has 0 unspecified atom stereocenters. The van der Waals surface area contributed by atoms with E-state index < -0.39 is 0 Å². The third kappa shape index (κ3) is 3.54. The zero-order valence-corrected chi connectivity index (χ0v) is 10.9. The molecule has 0 fully saturated rings. The lowest BCUT2D eigenvalue weighted by molar-refractivity contribution is -0.115. The van der Waals surface area contributed by atoms with Gasteiger partial charge in [-0.1, -0.05) is 12.1 Å². The van der Waals surface area contributed by atoms with Crippen LogP contribution in [0, 0.1) is 6.92 Å². The van der Waals surface area contributed by atoms with Gasteiger partial charge in [0.05, 0.1) is 6.42 Å². The van der Waals surface area contributed by atoms with Crippen molar-refractivity contribution in [3.05, 3.63) is 35.7 Å². The predicted molar refractivity (Wildman–Crippen MR) is 70.7 cm³/mol. The molecule has 1 aromatic heterocycles. The highest BCUT2D eigenvalue weighted by Gasteiger charge is 2.07. The summed E-state index contributed by atoms with van der Waals surface area (Å²) in [6.07, 6.45) is 0.326. The molecule has 0 saturated carbocycles. The molecule has 0 aliphatic rings. The normalized spacial score (nSPS) is 10.2. The van der Waals surface area contributed by atoms with Crippen LogP contribution in [0.5, 0.6) is 0 Å². The van der Waals surface area contributed by atoms with Crippen LogP contribution in [0.2, 0.25) is 0 Å². The van der Waals surface area contributed by atoms with Crippen LogP contribution in [0.25, 0.3) is 0 Å². The lowest BCUT2D eigenvalue weighted by atomic mass is 10.1. The van der Waals surface area contributed by atoms with Crippen LogP contribution in [0.3, 0.4) is 0 Å². The fourth-order valence-corrected chi connectivity index (χ4v) is 2.05. The second-order valence-electron chi connectivity index (χ2n) is 3.54. The van der Waals surface area contributed by atoms with Gasteiger partial charge in [-0.05, 0) is 24.6 Å². The van der Waals surface area contributed by atoms with Crippen LogP contribution in [0.1, 0.15) is 11.4 Å². The van der Waals surface area contributed by atoms with E-state index in [4.69, 9.17) is 0 Å². The predicted octanol–water partition coefficient (Wildman–Crippen LogP) is 2.32. The summed E-state index contributed by atoms with van der Waals surface area (Å²) in [6.45, 7) is 1.79. The van der Waals surface area contributed by atoms with Crippen molar-refractivity contribution in [1.29, 1.82) is 0 Å². The number of hydrogen-bond acceptors (Lipinski definition) is 5. The SMILES string of the molecule is Cc1nsc(NC(=O)Cc2ccc(S)cc2)n1. The molecule has 2 aromatic rings.